The lowest BCUT2D eigenvalue weighted by molar-refractivity contribution is -0.144. The minimum Gasteiger partial charge on any atom is -0.478 e. The summed E-state index contributed by atoms with van der Waals surface area (Å²) in [5, 5.41) is 12.3. The van der Waals surface area contributed by atoms with Gasteiger partial charge < -0.3 is 9.84 Å². The van der Waals surface area contributed by atoms with Crippen LogP contribution in [0, 0.1) is 0 Å². The average Bonchev–Trinajstić information content (AvgIpc) is 2.56. The summed E-state index contributed by atoms with van der Waals surface area (Å²) in [5.74, 6) is -0.514. The monoisotopic (exact) mass is 360 g/mol. The van der Waals surface area contributed by atoms with Crippen molar-refractivity contribution < 1.29 is 14.6 Å². The largest absolute Gasteiger partial charge is 0.478 e. The van der Waals surface area contributed by atoms with Gasteiger partial charge in [-0.3, -0.25) is 0 Å². The number of ether oxygens (including phenoxy) is 1. The number of fused-ring (bicyclic) bond motifs is 1. The summed E-state index contributed by atoms with van der Waals surface area (Å²) < 4.78 is 5.79. The smallest absolute Gasteiger partial charge is 0.345 e. The zero-order chi connectivity index (χ0) is 17.1. The number of hydrogen-bond donors (Lipinski definition) is 1. The van der Waals surface area contributed by atoms with Crippen molar-refractivity contribution in [2.24, 2.45) is 0 Å². The predicted molar refractivity (Wildman–Crippen MR) is 96.2 cm³/mol. The summed E-state index contributed by atoms with van der Waals surface area (Å²) in [6, 6.07) is 18.2. The fourth-order valence-electron chi connectivity index (χ4n) is 2.52. The first-order chi connectivity index (χ1) is 11.5. The number of hydrogen-bond acceptors (Lipinski definition) is 2. The molecule has 0 amide bonds. The molecule has 3 aromatic carbocycles. The molecule has 3 nitrogen and oxygen atoms in total. The second-order valence-electron chi connectivity index (χ2n) is 5.36. The van der Waals surface area contributed by atoms with Crippen LogP contribution in [-0.4, -0.2) is 17.2 Å². The summed E-state index contributed by atoms with van der Waals surface area (Å²) in [5.41, 5.74) is 0.675. The van der Waals surface area contributed by atoms with E-state index < -0.39 is 12.1 Å². The molecular weight excluding hydrogens is 347 g/mol. The number of carboxylic acid groups (broad SMARTS) is 1. The van der Waals surface area contributed by atoms with Crippen molar-refractivity contribution in [3.8, 4) is 5.75 Å². The SMILES string of the molecule is O=C(O)[C@H](Cc1ccc(Cl)cc1Cl)Oc1cccc2ccccc12. The van der Waals surface area contributed by atoms with Crippen molar-refractivity contribution in [3.63, 3.8) is 0 Å². The fraction of sp³-hybridized carbons (Fsp3) is 0.105. The zero-order valence-electron chi connectivity index (χ0n) is 12.6. The Bertz CT molecular complexity index is 887. The molecular formula is C19H14Cl2O3. The molecule has 0 saturated carbocycles. The molecule has 0 radical (unpaired) electrons. The Hall–Kier alpha value is -2.23. The van der Waals surface area contributed by atoms with Crippen LogP contribution in [0.2, 0.25) is 10.0 Å². The Balaban J connectivity index is 1.90. The summed E-state index contributed by atoms with van der Waals surface area (Å²) in [6.07, 6.45) is -0.899. The highest BCUT2D eigenvalue weighted by molar-refractivity contribution is 6.35. The Morgan fingerprint density at radius 2 is 1.79 bits per heavy atom. The van der Waals surface area contributed by atoms with Gasteiger partial charge in [0.05, 0.1) is 0 Å². The maximum Gasteiger partial charge on any atom is 0.345 e. The molecule has 0 saturated heterocycles. The number of aliphatic carboxylic acids is 1. The average molecular weight is 361 g/mol. The normalized spacial score (nSPS) is 12.1. The zero-order valence-corrected chi connectivity index (χ0v) is 14.1. The van der Waals surface area contributed by atoms with E-state index in [2.05, 4.69) is 0 Å². The highest BCUT2D eigenvalue weighted by atomic mass is 35.5. The Morgan fingerprint density at radius 1 is 1.04 bits per heavy atom. The van der Waals surface area contributed by atoms with Crippen LogP contribution in [0.25, 0.3) is 10.8 Å². The van der Waals surface area contributed by atoms with Gasteiger partial charge in [0.25, 0.3) is 0 Å². The second-order valence-corrected chi connectivity index (χ2v) is 6.21. The van der Waals surface area contributed by atoms with E-state index in [1.165, 1.54) is 0 Å². The van der Waals surface area contributed by atoms with E-state index in [0.29, 0.717) is 21.4 Å². The van der Waals surface area contributed by atoms with Crippen molar-refractivity contribution in [3.05, 3.63) is 76.3 Å². The first kappa shape index (κ1) is 16.6. The number of rotatable bonds is 5. The van der Waals surface area contributed by atoms with Crippen molar-refractivity contribution in [1.29, 1.82) is 0 Å². The first-order valence-electron chi connectivity index (χ1n) is 7.36. The molecule has 0 aliphatic heterocycles. The third-order valence-corrected chi connectivity index (χ3v) is 4.30. The lowest BCUT2D eigenvalue weighted by atomic mass is 10.1. The van der Waals surface area contributed by atoms with Gasteiger partial charge in [0.15, 0.2) is 6.10 Å². The molecule has 0 aliphatic carbocycles. The molecule has 0 unspecified atom stereocenters. The Morgan fingerprint density at radius 3 is 2.54 bits per heavy atom. The molecule has 3 aromatic rings. The van der Waals surface area contributed by atoms with Crippen molar-refractivity contribution in [1.82, 2.24) is 0 Å². The second kappa shape index (κ2) is 7.12. The molecule has 0 spiro atoms. The summed E-state index contributed by atoms with van der Waals surface area (Å²) in [7, 11) is 0. The number of carbonyl (C=O) groups is 1. The lowest BCUT2D eigenvalue weighted by Crippen LogP contribution is -2.29. The van der Waals surface area contributed by atoms with Crippen LogP contribution in [0.15, 0.2) is 60.7 Å². The van der Waals surface area contributed by atoms with Gasteiger partial charge in [-0.25, -0.2) is 4.79 Å². The number of benzene rings is 3. The third kappa shape index (κ3) is 3.64. The first-order valence-corrected chi connectivity index (χ1v) is 8.11. The highest BCUT2D eigenvalue weighted by Crippen LogP contribution is 2.28. The van der Waals surface area contributed by atoms with Gasteiger partial charge >= 0.3 is 5.97 Å². The van der Waals surface area contributed by atoms with E-state index in [4.69, 9.17) is 27.9 Å². The van der Waals surface area contributed by atoms with E-state index >= 15 is 0 Å². The van der Waals surface area contributed by atoms with Crippen LogP contribution in [0.1, 0.15) is 5.56 Å². The van der Waals surface area contributed by atoms with E-state index in [9.17, 15) is 9.90 Å². The van der Waals surface area contributed by atoms with Crippen LogP contribution in [0.5, 0.6) is 5.75 Å². The van der Waals surface area contributed by atoms with E-state index in [0.717, 1.165) is 10.8 Å². The van der Waals surface area contributed by atoms with Gasteiger partial charge in [-0.2, -0.15) is 0 Å². The van der Waals surface area contributed by atoms with Gasteiger partial charge in [-0.05, 0) is 29.1 Å². The Kier molecular flexibility index (Phi) is 4.93. The molecule has 0 fully saturated rings. The predicted octanol–water partition coefficient (Wildman–Crippen LogP) is 5.22. The van der Waals surface area contributed by atoms with Crippen LogP contribution >= 0.6 is 23.2 Å². The Labute approximate surface area is 149 Å². The van der Waals surface area contributed by atoms with Crippen LogP contribution in [0.4, 0.5) is 0 Å². The van der Waals surface area contributed by atoms with E-state index in [1.807, 2.05) is 36.4 Å². The van der Waals surface area contributed by atoms with Crippen LogP contribution < -0.4 is 4.74 Å². The molecule has 0 aliphatic rings. The molecule has 0 bridgehead atoms. The molecule has 5 heteroatoms. The molecule has 24 heavy (non-hydrogen) atoms. The quantitative estimate of drug-likeness (QED) is 0.678. The van der Waals surface area contributed by atoms with E-state index in [-0.39, 0.29) is 6.42 Å². The number of carboxylic acids is 1. The summed E-state index contributed by atoms with van der Waals surface area (Å²) in [4.78, 5) is 11.6. The standard InChI is InChI=1S/C19H14Cl2O3/c20-14-9-8-13(16(21)11-14)10-18(19(22)23)24-17-7-3-5-12-4-1-2-6-15(12)17/h1-9,11,18H,10H2,(H,22,23)/t18-/m0/s1. The van der Waals surface area contributed by atoms with Gasteiger partial charge in [0.2, 0.25) is 0 Å². The van der Waals surface area contributed by atoms with E-state index in [1.54, 1.807) is 24.3 Å². The summed E-state index contributed by atoms with van der Waals surface area (Å²) in [6.45, 7) is 0. The topological polar surface area (TPSA) is 46.5 Å². The molecule has 1 N–H and O–H groups in total. The maximum atomic E-state index is 11.6. The molecule has 0 aromatic heterocycles. The van der Waals surface area contributed by atoms with Crippen molar-refractivity contribution in [2.45, 2.75) is 12.5 Å². The fourth-order valence-corrected chi connectivity index (χ4v) is 3.00. The van der Waals surface area contributed by atoms with Gasteiger partial charge in [-0.15, -0.1) is 0 Å². The molecule has 1 atom stereocenters. The molecule has 122 valence electrons. The van der Waals surface area contributed by atoms with Crippen molar-refractivity contribution in [2.75, 3.05) is 0 Å². The maximum absolute atomic E-state index is 11.6. The van der Waals surface area contributed by atoms with Gasteiger partial charge in [0.1, 0.15) is 5.75 Å². The van der Waals surface area contributed by atoms with Crippen molar-refractivity contribution >= 4 is 39.9 Å². The molecule has 3 rings (SSSR count). The molecule has 0 heterocycles. The summed E-state index contributed by atoms with van der Waals surface area (Å²) >= 11 is 12.0. The lowest BCUT2D eigenvalue weighted by Gasteiger charge is -2.17. The highest BCUT2D eigenvalue weighted by Gasteiger charge is 2.22. The number of halogens is 2. The minimum atomic E-state index is -1.05. The van der Waals surface area contributed by atoms with Gasteiger partial charge in [-0.1, -0.05) is 65.7 Å². The van der Waals surface area contributed by atoms with Crippen LogP contribution in [0.3, 0.4) is 0 Å². The van der Waals surface area contributed by atoms with Gasteiger partial charge in [0, 0.05) is 21.9 Å². The third-order valence-electron chi connectivity index (χ3n) is 3.71. The minimum absolute atomic E-state index is 0.147. The van der Waals surface area contributed by atoms with Crippen LogP contribution in [-0.2, 0) is 11.2 Å².